The van der Waals surface area contributed by atoms with Gasteiger partial charge < -0.3 is 10.1 Å². The highest BCUT2D eigenvalue weighted by Gasteiger charge is 2.15. The zero-order valence-corrected chi connectivity index (χ0v) is 13.4. The van der Waals surface area contributed by atoms with Crippen LogP contribution in [0.1, 0.15) is 56.8 Å². The van der Waals surface area contributed by atoms with Crippen molar-refractivity contribution in [1.82, 2.24) is 5.32 Å². The van der Waals surface area contributed by atoms with Gasteiger partial charge in [0.05, 0.1) is 5.56 Å². The van der Waals surface area contributed by atoms with Crippen LogP contribution in [0.4, 0.5) is 9.18 Å². The van der Waals surface area contributed by atoms with E-state index in [0.29, 0.717) is 19.4 Å². The Morgan fingerprint density at radius 3 is 2.45 bits per heavy atom. The van der Waals surface area contributed by atoms with Crippen LogP contribution in [-0.4, -0.2) is 24.0 Å². The maximum Gasteiger partial charge on any atom is 0.407 e. The normalized spacial score (nSPS) is 11.1. The highest BCUT2D eigenvalue weighted by atomic mass is 19.1. The third kappa shape index (κ3) is 7.20. The van der Waals surface area contributed by atoms with Crippen LogP contribution < -0.4 is 5.32 Å². The molecule has 1 rings (SSSR count). The summed E-state index contributed by atoms with van der Waals surface area (Å²) in [5.41, 5.74) is -0.356. The van der Waals surface area contributed by atoms with E-state index in [9.17, 15) is 14.0 Å². The quantitative estimate of drug-likeness (QED) is 0.609. The van der Waals surface area contributed by atoms with E-state index >= 15 is 0 Å². The molecule has 0 atom stereocenters. The highest BCUT2D eigenvalue weighted by molar-refractivity contribution is 5.96. The average molecular weight is 309 g/mol. The second-order valence-corrected chi connectivity index (χ2v) is 6.14. The number of carbonyl (C=O) groups is 2. The number of halogens is 1. The van der Waals surface area contributed by atoms with Crippen LogP contribution in [0.25, 0.3) is 0 Å². The molecule has 0 heterocycles. The maximum atomic E-state index is 13.4. The fourth-order valence-corrected chi connectivity index (χ4v) is 1.91. The summed E-state index contributed by atoms with van der Waals surface area (Å²) >= 11 is 0. The van der Waals surface area contributed by atoms with Crippen LogP contribution >= 0.6 is 0 Å². The monoisotopic (exact) mass is 309 g/mol. The van der Waals surface area contributed by atoms with E-state index in [1.807, 2.05) is 0 Å². The lowest BCUT2D eigenvalue weighted by Gasteiger charge is -2.19. The predicted molar refractivity (Wildman–Crippen MR) is 83.4 cm³/mol. The van der Waals surface area contributed by atoms with Crippen LogP contribution in [0, 0.1) is 5.82 Å². The van der Waals surface area contributed by atoms with Crippen LogP contribution in [0.3, 0.4) is 0 Å². The van der Waals surface area contributed by atoms with E-state index in [1.54, 1.807) is 32.9 Å². The number of amides is 1. The number of alkyl carbamates (subject to hydrolysis) is 1. The second-order valence-electron chi connectivity index (χ2n) is 6.14. The molecule has 0 radical (unpaired) electrons. The van der Waals surface area contributed by atoms with Gasteiger partial charge in [0.25, 0.3) is 0 Å². The Balaban J connectivity index is 2.15. The number of hydrogen-bond donors (Lipinski definition) is 1. The molecule has 0 spiro atoms. The minimum absolute atomic E-state index is 0.148. The molecular weight excluding hydrogens is 285 g/mol. The lowest BCUT2D eigenvalue weighted by Crippen LogP contribution is -2.32. The van der Waals surface area contributed by atoms with Crippen LogP contribution in [0.2, 0.25) is 0 Å². The number of benzene rings is 1. The molecule has 5 heteroatoms. The molecule has 122 valence electrons. The van der Waals surface area contributed by atoms with Gasteiger partial charge in [-0.1, -0.05) is 18.6 Å². The Kier molecular flexibility index (Phi) is 7.02. The third-order valence-corrected chi connectivity index (χ3v) is 2.92. The third-order valence-electron chi connectivity index (χ3n) is 2.92. The topological polar surface area (TPSA) is 55.4 Å². The molecule has 1 aromatic carbocycles. The van der Waals surface area contributed by atoms with Crippen LogP contribution in [0.5, 0.6) is 0 Å². The zero-order valence-electron chi connectivity index (χ0n) is 13.4. The molecule has 0 fully saturated rings. The molecule has 0 unspecified atom stereocenters. The first-order valence-corrected chi connectivity index (χ1v) is 7.54. The van der Waals surface area contributed by atoms with Crippen molar-refractivity contribution in [3.8, 4) is 0 Å². The van der Waals surface area contributed by atoms with E-state index in [2.05, 4.69) is 5.32 Å². The minimum atomic E-state index is -0.504. The van der Waals surface area contributed by atoms with Crippen molar-refractivity contribution in [2.75, 3.05) is 6.54 Å². The Hall–Kier alpha value is -1.91. The van der Waals surface area contributed by atoms with E-state index in [1.165, 1.54) is 12.1 Å². The van der Waals surface area contributed by atoms with Gasteiger partial charge in [0.15, 0.2) is 5.78 Å². The molecule has 0 bridgehead atoms. The predicted octanol–water partition coefficient (Wildman–Crippen LogP) is 4.09. The Labute approximate surface area is 131 Å². The summed E-state index contributed by atoms with van der Waals surface area (Å²) in [5.74, 6) is -0.655. The van der Waals surface area contributed by atoms with Crippen LogP contribution in [0.15, 0.2) is 24.3 Å². The summed E-state index contributed by atoms with van der Waals surface area (Å²) in [6.45, 7) is 5.92. The molecule has 1 amide bonds. The molecule has 0 aliphatic rings. The fraction of sp³-hybridized carbons (Fsp3) is 0.529. The summed E-state index contributed by atoms with van der Waals surface area (Å²) in [7, 11) is 0. The van der Waals surface area contributed by atoms with Gasteiger partial charge in [-0.05, 0) is 45.7 Å². The number of rotatable bonds is 7. The lowest BCUT2D eigenvalue weighted by molar-refractivity contribution is 0.0526. The van der Waals surface area contributed by atoms with Crippen molar-refractivity contribution < 1.29 is 18.7 Å². The lowest BCUT2D eigenvalue weighted by atomic mass is 10.0. The average Bonchev–Trinajstić information content (AvgIpc) is 2.41. The summed E-state index contributed by atoms with van der Waals surface area (Å²) in [5, 5.41) is 2.66. The SMILES string of the molecule is CC(C)(C)OC(=O)NCCCCCC(=O)c1ccccc1F. The number of ketones is 1. The summed E-state index contributed by atoms with van der Waals surface area (Å²) in [4.78, 5) is 23.2. The molecule has 0 saturated carbocycles. The van der Waals surface area contributed by atoms with Crippen molar-refractivity contribution in [2.24, 2.45) is 0 Å². The Morgan fingerprint density at radius 2 is 1.82 bits per heavy atom. The first kappa shape index (κ1) is 18.1. The van der Waals surface area contributed by atoms with Gasteiger partial charge in [0, 0.05) is 13.0 Å². The number of Topliss-reactive ketones (excluding diaryl/α,β-unsaturated/α-hetero) is 1. The first-order chi connectivity index (χ1) is 10.3. The number of carbonyl (C=O) groups excluding carboxylic acids is 2. The van der Waals surface area contributed by atoms with E-state index < -0.39 is 17.5 Å². The van der Waals surface area contributed by atoms with Gasteiger partial charge in [-0.3, -0.25) is 4.79 Å². The Morgan fingerprint density at radius 1 is 1.14 bits per heavy atom. The van der Waals surface area contributed by atoms with Gasteiger partial charge in [-0.2, -0.15) is 0 Å². The minimum Gasteiger partial charge on any atom is -0.444 e. The van der Waals surface area contributed by atoms with Crippen molar-refractivity contribution >= 4 is 11.9 Å². The molecule has 0 aliphatic carbocycles. The van der Waals surface area contributed by atoms with E-state index in [0.717, 1.165) is 12.8 Å². The maximum absolute atomic E-state index is 13.4. The van der Waals surface area contributed by atoms with Gasteiger partial charge in [-0.25, -0.2) is 9.18 Å². The van der Waals surface area contributed by atoms with Crippen molar-refractivity contribution in [2.45, 2.75) is 52.1 Å². The molecule has 4 nitrogen and oxygen atoms in total. The second kappa shape index (κ2) is 8.51. The summed E-state index contributed by atoms with van der Waals surface area (Å²) in [6, 6.07) is 6.01. The van der Waals surface area contributed by atoms with Gasteiger partial charge in [-0.15, -0.1) is 0 Å². The molecule has 0 aromatic heterocycles. The fourth-order valence-electron chi connectivity index (χ4n) is 1.91. The van der Waals surface area contributed by atoms with E-state index in [-0.39, 0.29) is 11.3 Å². The molecule has 1 N–H and O–H groups in total. The smallest absolute Gasteiger partial charge is 0.407 e. The van der Waals surface area contributed by atoms with Crippen molar-refractivity contribution in [1.29, 1.82) is 0 Å². The Bertz CT molecular complexity index is 509. The van der Waals surface area contributed by atoms with Gasteiger partial charge in [0.2, 0.25) is 0 Å². The summed E-state index contributed by atoms with van der Waals surface area (Å²) < 4.78 is 18.5. The molecule has 1 aromatic rings. The van der Waals surface area contributed by atoms with Crippen molar-refractivity contribution in [3.63, 3.8) is 0 Å². The van der Waals surface area contributed by atoms with E-state index in [4.69, 9.17) is 4.74 Å². The van der Waals surface area contributed by atoms with Gasteiger partial charge >= 0.3 is 6.09 Å². The number of ether oxygens (including phenoxy) is 1. The number of nitrogens with one attached hydrogen (secondary N) is 1. The molecular formula is C17H24FNO3. The molecule has 22 heavy (non-hydrogen) atoms. The highest BCUT2D eigenvalue weighted by Crippen LogP contribution is 2.12. The standard InChI is InChI=1S/C17H24FNO3/c1-17(2,3)22-16(21)19-12-8-4-5-11-15(20)13-9-6-7-10-14(13)18/h6-7,9-10H,4-5,8,11-12H2,1-3H3,(H,19,21). The summed E-state index contributed by atoms with van der Waals surface area (Å²) in [6.07, 6.45) is 2.09. The molecule has 0 aliphatic heterocycles. The molecule has 0 saturated heterocycles. The largest absolute Gasteiger partial charge is 0.444 e. The van der Waals surface area contributed by atoms with Crippen LogP contribution in [-0.2, 0) is 4.74 Å². The number of hydrogen-bond acceptors (Lipinski definition) is 3. The van der Waals surface area contributed by atoms with Gasteiger partial charge in [0.1, 0.15) is 11.4 Å². The first-order valence-electron chi connectivity index (χ1n) is 7.54. The number of unbranched alkanes of at least 4 members (excludes halogenated alkanes) is 2. The zero-order chi connectivity index (χ0) is 16.6. The van der Waals surface area contributed by atoms with Crippen molar-refractivity contribution in [3.05, 3.63) is 35.6 Å².